The van der Waals surface area contributed by atoms with Gasteiger partial charge in [-0.3, -0.25) is 0 Å². The number of urea groups is 1. The summed E-state index contributed by atoms with van der Waals surface area (Å²) in [5.74, 6) is 0. The average molecular weight is 297 g/mol. The molecule has 2 amide bonds. The van der Waals surface area contributed by atoms with Crippen LogP contribution < -0.4 is 15.5 Å². The number of amides is 2. The number of nitrogens with one attached hydrogen (secondary N) is 2. The maximum Gasteiger partial charge on any atom is 0.319 e. The van der Waals surface area contributed by atoms with Crippen LogP contribution in [0.25, 0.3) is 0 Å². The Morgan fingerprint density at radius 1 is 1.09 bits per heavy atom. The minimum atomic E-state index is -0.175. The molecule has 2 N–H and O–H groups in total. The average Bonchev–Trinajstić information content (AvgIpc) is 2.52. The molecule has 116 valence electrons. The zero-order valence-electron chi connectivity index (χ0n) is 13.2. The molecular formula is C18H23N3O. The Hall–Kier alpha value is -2.49. The number of aryl methyl sites for hydroxylation is 1. The molecule has 0 spiro atoms. The normalized spacial score (nSPS) is 10.1. The molecule has 2 aromatic carbocycles. The van der Waals surface area contributed by atoms with Gasteiger partial charge in [0.1, 0.15) is 0 Å². The Kier molecular flexibility index (Phi) is 5.83. The van der Waals surface area contributed by atoms with Crippen LogP contribution in [-0.4, -0.2) is 25.7 Å². The van der Waals surface area contributed by atoms with Crippen molar-refractivity contribution in [3.8, 4) is 0 Å². The van der Waals surface area contributed by atoms with Crippen molar-refractivity contribution in [1.29, 1.82) is 0 Å². The van der Waals surface area contributed by atoms with Crippen molar-refractivity contribution >= 4 is 17.4 Å². The van der Waals surface area contributed by atoms with E-state index in [2.05, 4.69) is 53.6 Å². The largest absolute Gasteiger partial charge is 0.370 e. The molecule has 2 rings (SSSR count). The van der Waals surface area contributed by atoms with Crippen LogP contribution in [0.1, 0.15) is 12.5 Å². The van der Waals surface area contributed by atoms with Gasteiger partial charge in [0.25, 0.3) is 0 Å². The smallest absolute Gasteiger partial charge is 0.319 e. The van der Waals surface area contributed by atoms with E-state index in [0.29, 0.717) is 6.54 Å². The zero-order chi connectivity index (χ0) is 15.8. The van der Waals surface area contributed by atoms with Crippen molar-refractivity contribution in [2.24, 2.45) is 0 Å². The summed E-state index contributed by atoms with van der Waals surface area (Å²) in [6.45, 7) is 6.49. The summed E-state index contributed by atoms with van der Waals surface area (Å²) >= 11 is 0. The molecule has 0 saturated carbocycles. The summed E-state index contributed by atoms with van der Waals surface area (Å²) < 4.78 is 0. The van der Waals surface area contributed by atoms with E-state index < -0.39 is 0 Å². The van der Waals surface area contributed by atoms with Gasteiger partial charge in [-0.15, -0.1) is 0 Å². The van der Waals surface area contributed by atoms with E-state index in [1.54, 1.807) is 0 Å². The van der Waals surface area contributed by atoms with Crippen molar-refractivity contribution in [2.45, 2.75) is 13.8 Å². The zero-order valence-corrected chi connectivity index (χ0v) is 13.2. The van der Waals surface area contributed by atoms with Gasteiger partial charge >= 0.3 is 6.03 Å². The van der Waals surface area contributed by atoms with Crippen molar-refractivity contribution in [3.05, 3.63) is 60.2 Å². The second kappa shape index (κ2) is 8.08. The number of rotatable bonds is 6. The van der Waals surface area contributed by atoms with E-state index in [0.717, 1.165) is 18.8 Å². The van der Waals surface area contributed by atoms with Crippen LogP contribution in [0.2, 0.25) is 0 Å². The van der Waals surface area contributed by atoms with E-state index in [4.69, 9.17) is 0 Å². The summed E-state index contributed by atoms with van der Waals surface area (Å²) in [7, 11) is 0. The molecule has 0 aromatic heterocycles. The molecule has 4 heteroatoms. The van der Waals surface area contributed by atoms with Gasteiger partial charge in [0.2, 0.25) is 0 Å². The highest BCUT2D eigenvalue weighted by Gasteiger charge is 2.05. The molecule has 0 saturated heterocycles. The first-order valence-electron chi connectivity index (χ1n) is 7.60. The first-order chi connectivity index (χ1) is 10.7. The minimum Gasteiger partial charge on any atom is -0.370 e. The van der Waals surface area contributed by atoms with Gasteiger partial charge < -0.3 is 15.5 Å². The number of likely N-dealkylation sites (N-methyl/N-ethyl adjacent to an activating group) is 1. The Labute approximate surface area is 132 Å². The van der Waals surface area contributed by atoms with Crippen molar-refractivity contribution in [2.75, 3.05) is 29.9 Å². The number of para-hydroxylation sites is 1. The van der Waals surface area contributed by atoms with Crippen molar-refractivity contribution < 1.29 is 4.79 Å². The van der Waals surface area contributed by atoms with Gasteiger partial charge in [-0.1, -0.05) is 30.3 Å². The molecule has 0 aliphatic heterocycles. The number of hydrogen-bond acceptors (Lipinski definition) is 2. The minimum absolute atomic E-state index is 0.175. The highest BCUT2D eigenvalue weighted by Crippen LogP contribution is 2.15. The highest BCUT2D eigenvalue weighted by atomic mass is 16.2. The van der Waals surface area contributed by atoms with E-state index in [9.17, 15) is 4.79 Å². The molecule has 2 aromatic rings. The molecule has 0 unspecified atom stereocenters. The Morgan fingerprint density at radius 2 is 1.86 bits per heavy atom. The summed E-state index contributed by atoms with van der Waals surface area (Å²) in [5.41, 5.74) is 3.23. The first-order valence-corrected chi connectivity index (χ1v) is 7.60. The molecule has 0 aliphatic carbocycles. The van der Waals surface area contributed by atoms with Crippen LogP contribution >= 0.6 is 0 Å². The van der Waals surface area contributed by atoms with Crippen LogP contribution in [0, 0.1) is 6.92 Å². The highest BCUT2D eigenvalue weighted by molar-refractivity contribution is 5.89. The molecule has 0 aliphatic rings. The van der Waals surface area contributed by atoms with Gasteiger partial charge in [-0.05, 0) is 43.7 Å². The number of anilines is 2. The first kappa shape index (κ1) is 15.9. The summed E-state index contributed by atoms with van der Waals surface area (Å²) in [5, 5.41) is 5.70. The summed E-state index contributed by atoms with van der Waals surface area (Å²) in [6, 6.07) is 17.7. The Bertz CT molecular complexity index is 598. The lowest BCUT2D eigenvalue weighted by Gasteiger charge is -2.23. The van der Waals surface area contributed by atoms with Gasteiger partial charge in [0.05, 0.1) is 0 Å². The SMILES string of the molecule is CCN(CCNC(=O)Nc1ccccc1)c1cccc(C)c1. The number of carbonyl (C=O) groups is 1. The maximum absolute atomic E-state index is 11.8. The second-order valence-corrected chi connectivity index (χ2v) is 5.17. The van der Waals surface area contributed by atoms with Gasteiger partial charge in [0.15, 0.2) is 0 Å². The molecule has 0 heterocycles. The Morgan fingerprint density at radius 3 is 2.55 bits per heavy atom. The Balaban J connectivity index is 1.80. The fourth-order valence-corrected chi connectivity index (χ4v) is 2.30. The van der Waals surface area contributed by atoms with Crippen LogP contribution in [0.4, 0.5) is 16.2 Å². The molecular weight excluding hydrogens is 274 g/mol. The molecule has 0 fully saturated rings. The van der Waals surface area contributed by atoms with E-state index in [1.165, 1.54) is 11.3 Å². The maximum atomic E-state index is 11.8. The summed E-state index contributed by atoms with van der Waals surface area (Å²) in [4.78, 5) is 14.1. The molecule has 22 heavy (non-hydrogen) atoms. The van der Waals surface area contributed by atoms with Crippen LogP contribution in [0.15, 0.2) is 54.6 Å². The number of hydrogen-bond donors (Lipinski definition) is 2. The molecule has 0 atom stereocenters. The van der Waals surface area contributed by atoms with E-state index >= 15 is 0 Å². The predicted octanol–water partition coefficient (Wildman–Crippen LogP) is 3.64. The van der Waals surface area contributed by atoms with Crippen LogP contribution in [0.3, 0.4) is 0 Å². The lowest BCUT2D eigenvalue weighted by atomic mass is 10.2. The monoisotopic (exact) mass is 297 g/mol. The van der Waals surface area contributed by atoms with Gasteiger partial charge in [-0.2, -0.15) is 0 Å². The van der Waals surface area contributed by atoms with E-state index in [1.807, 2.05) is 30.3 Å². The third-order valence-electron chi connectivity index (χ3n) is 3.45. The van der Waals surface area contributed by atoms with Gasteiger partial charge in [0, 0.05) is 31.0 Å². The van der Waals surface area contributed by atoms with Crippen molar-refractivity contribution in [1.82, 2.24) is 5.32 Å². The lowest BCUT2D eigenvalue weighted by molar-refractivity contribution is 0.252. The summed E-state index contributed by atoms with van der Waals surface area (Å²) in [6.07, 6.45) is 0. The fraction of sp³-hybridized carbons (Fsp3) is 0.278. The standard InChI is InChI=1S/C18H23N3O/c1-3-21(17-11-7-8-15(2)14-17)13-12-19-18(22)20-16-9-5-4-6-10-16/h4-11,14H,3,12-13H2,1-2H3,(H2,19,20,22). The van der Waals surface area contributed by atoms with Gasteiger partial charge in [-0.25, -0.2) is 4.79 Å². The van der Waals surface area contributed by atoms with E-state index in [-0.39, 0.29) is 6.03 Å². The van der Waals surface area contributed by atoms with Crippen LogP contribution in [0.5, 0.6) is 0 Å². The number of benzene rings is 2. The van der Waals surface area contributed by atoms with Crippen molar-refractivity contribution in [3.63, 3.8) is 0 Å². The third kappa shape index (κ3) is 4.81. The topological polar surface area (TPSA) is 44.4 Å². The predicted molar refractivity (Wildman–Crippen MR) is 92.5 cm³/mol. The molecule has 0 bridgehead atoms. The molecule has 0 radical (unpaired) electrons. The number of nitrogens with zero attached hydrogens (tertiary/aromatic N) is 1. The lowest BCUT2D eigenvalue weighted by Crippen LogP contribution is -2.37. The number of carbonyl (C=O) groups excluding carboxylic acids is 1. The molecule has 4 nitrogen and oxygen atoms in total. The quantitative estimate of drug-likeness (QED) is 0.855. The third-order valence-corrected chi connectivity index (χ3v) is 3.45. The van der Waals surface area contributed by atoms with Crippen LogP contribution in [-0.2, 0) is 0 Å². The second-order valence-electron chi connectivity index (χ2n) is 5.17. The fourth-order valence-electron chi connectivity index (χ4n) is 2.30.